The van der Waals surface area contributed by atoms with Gasteiger partial charge in [-0.1, -0.05) is 0 Å². The Morgan fingerprint density at radius 2 is 0.818 bits per heavy atom. The minimum atomic E-state index is -4.22. The fourth-order valence-corrected chi connectivity index (χ4v) is 2.01. The first-order chi connectivity index (χ1) is 9.55. The molecule has 0 spiro atoms. The number of hydrogen-bond acceptors (Lipinski definition) is 12. The van der Waals surface area contributed by atoms with Crippen LogP contribution in [0.4, 0.5) is 0 Å². The minimum Gasteiger partial charge on any atom is -0.547 e. The molecule has 0 aromatic heterocycles. The van der Waals surface area contributed by atoms with E-state index < -0.39 is 50.4 Å². The molecule has 0 rings (SSSR count). The number of hydrogen-bond donors (Lipinski definition) is 6. The summed E-state index contributed by atoms with van der Waals surface area (Å²) < 4.78 is 12.6. The fourth-order valence-electron chi connectivity index (χ4n) is 0.669. The van der Waals surface area contributed by atoms with Gasteiger partial charge in [0.2, 0.25) is 0 Å². The van der Waals surface area contributed by atoms with Gasteiger partial charge >= 0.3 is 33.1 Å². The summed E-state index contributed by atoms with van der Waals surface area (Å²) in [5.41, 5.74) is 0. The third kappa shape index (κ3) is 7.11. The van der Waals surface area contributed by atoms with Crippen LogP contribution in [0.15, 0.2) is 0 Å². The van der Waals surface area contributed by atoms with Crippen LogP contribution in [0.5, 0.6) is 0 Å². The normalized spacial score (nSPS) is 12.4. The van der Waals surface area contributed by atoms with Gasteiger partial charge in [0.05, 0.1) is 0 Å². The Balaban J connectivity index is 5.12. The Morgan fingerprint density at radius 3 is 0.955 bits per heavy atom. The quantitative estimate of drug-likeness (QED) is 0.201. The summed E-state index contributed by atoms with van der Waals surface area (Å²) in [4.78, 5) is 33.7. The lowest BCUT2D eigenvalue weighted by atomic mass is 10.3. The van der Waals surface area contributed by atoms with E-state index in [1.54, 1.807) is 0 Å². The van der Waals surface area contributed by atoms with E-state index in [1.807, 2.05) is 0 Å². The summed E-state index contributed by atoms with van der Waals surface area (Å²) in [5.74, 6) is -14.5. The smallest absolute Gasteiger partial charge is 0.547 e. The molecule has 0 saturated heterocycles. The van der Waals surface area contributed by atoms with Gasteiger partial charge in [0, 0.05) is 20.8 Å². The van der Waals surface area contributed by atoms with E-state index >= 15 is 0 Å². The fraction of sp³-hybridized carbons (Fsp3) is 0.667. The molecule has 0 aromatic carbocycles. The Bertz CT molecular complexity index is 372. The second-order valence-electron chi connectivity index (χ2n) is 4.57. The zero-order chi connectivity index (χ0) is 17.9. The van der Waals surface area contributed by atoms with Crippen LogP contribution >= 0.6 is 0 Å². The van der Waals surface area contributed by atoms with Crippen molar-refractivity contribution in [3.05, 3.63) is 0 Å². The minimum absolute atomic E-state index is 0.578. The molecule has 0 aliphatic heterocycles. The maximum absolute atomic E-state index is 11.2. The van der Waals surface area contributed by atoms with Crippen LogP contribution < -0.4 is 0 Å². The largest absolute Gasteiger partial charge is 1.20 e. The first kappa shape index (κ1) is 20.7. The topological polar surface area (TPSA) is 200 Å². The van der Waals surface area contributed by atoms with Crippen LogP contribution in [0.3, 0.4) is 0 Å². The van der Waals surface area contributed by atoms with Crippen molar-refractivity contribution in [2.24, 2.45) is 0 Å². The SMILES string of the molecule is CC(O)(O)C(=O)[O][Al]([O]C(=O)C(C)(O)O)[O]C(=O)C(C)(O)O. The Kier molecular flexibility index (Phi) is 6.45. The van der Waals surface area contributed by atoms with Crippen molar-refractivity contribution < 1.29 is 56.4 Å². The van der Waals surface area contributed by atoms with Gasteiger partial charge < -0.3 is 42.0 Å². The van der Waals surface area contributed by atoms with E-state index in [1.165, 1.54) is 0 Å². The van der Waals surface area contributed by atoms with E-state index in [-0.39, 0.29) is 0 Å². The van der Waals surface area contributed by atoms with Gasteiger partial charge in [-0.3, -0.25) is 0 Å². The molecular weight excluding hydrogens is 327 g/mol. The van der Waals surface area contributed by atoms with Crippen molar-refractivity contribution in [2.75, 3.05) is 0 Å². The van der Waals surface area contributed by atoms with E-state index in [2.05, 4.69) is 11.4 Å². The molecule has 13 heteroatoms. The molecule has 0 heterocycles. The van der Waals surface area contributed by atoms with Gasteiger partial charge in [-0.05, 0) is 0 Å². The van der Waals surface area contributed by atoms with E-state index in [9.17, 15) is 14.4 Å². The molecule has 0 amide bonds. The third-order valence-corrected chi connectivity index (χ3v) is 2.99. The zero-order valence-corrected chi connectivity index (χ0v) is 12.9. The maximum atomic E-state index is 11.2. The predicted octanol–water partition coefficient (Wildman–Crippen LogP) is -4.30. The van der Waals surface area contributed by atoms with E-state index in [0.29, 0.717) is 20.8 Å². The average Bonchev–Trinajstić information content (AvgIpc) is 2.24. The summed E-state index contributed by atoms with van der Waals surface area (Å²) in [6, 6.07) is 0. The van der Waals surface area contributed by atoms with Crippen molar-refractivity contribution in [1.82, 2.24) is 0 Å². The molecular formula is C9H15AlO12. The zero-order valence-electron chi connectivity index (χ0n) is 11.7. The van der Waals surface area contributed by atoms with Crippen molar-refractivity contribution in [1.29, 1.82) is 0 Å². The second kappa shape index (κ2) is 6.86. The van der Waals surface area contributed by atoms with Crippen molar-refractivity contribution in [3.63, 3.8) is 0 Å². The summed E-state index contributed by atoms with van der Waals surface area (Å²) in [5, 5.41) is 53.7. The molecule has 0 fully saturated rings. The molecule has 0 unspecified atom stereocenters. The Labute approximate surface area is 128 Å². The second-order valence-corrected chi connectivity index (χ2v) is 5.85. The summed E-state index contributed by atoms with van der Waals surface area (Å²) >= 11 is -4.22. The molecule has 12 nitrogen and oxygen atoms in total. The number of aliphatic hydroxyl groups is 6. The van der Waals surface area contributed by atoms with Crippen molar-refractivity contribution in [2.45, 2.75) is 38.1 Å². The highest BCUT2D eigenvalue weighted by molar-refractivity contribution is 6.44. The maximum Gasteiger partial charge on any atom is 1.20 e. The summed E-state index contributed by atoms with van der Waals surface area (Å²) in [6.07, 6.45) is 0. The first-order valence-corrected chi connectivity index (χ1v) is 6.94. The summed E-state index contributed by atoms with van der Waals surface area (Å²) in [6.45, 7) is 1.73. The molecule has 0 atom stereocenters. The van der Waals surface area contributed by atoms with E-state index in [0.717, 1.165) is 0 Å². The lowest BCUT2D eigenvalue weighted by Gasteiger charge is -2.22. The van der Waals surface area contributed by atoms with Gasteiger partial charge in [-0.25, -0.2) is 14.4 Å². The molecule has 22 heavy (non-hydrogen) atoms. The number of carbonyl (C=O) groups excluding carboxylic acids is 3. The van der Waals surface area contributed by atoms with Crippen molar-refractivity contribution >= 4 is 33.1 Å². The number of rotatable bonds is 6. The van der Waals surface area contributed by atoms with Gasteiger partial charge in [-0.2, -0.15) is 0 Å². The molecule has 0 aromatic rings. The van der Waals surface area contributed by atoms with Crippen LogP contribution in [0.25, 0.3) is 0 Å². The molecule has 0 aliphatic rings. The van der Waals surface area contributed by atoms with Gasteiger partial charge in [-0.15, -0.1) is 0 Å². The monoisotopic (exact) mass is 342 g/mol. The Hall–Kier alpha value is -1.30. The molecule has 126 valence electrons. The van der Waals surface area contributed by atoms with Crippen LogP contribution in [-0.2, 0) is 25.7 Å². The van der Waals surface area contributed by atoms with Crippen molar-refractivity contribution in [3.8, 4) is 0 Å². The van der Waals surface area contributed by atoms with Crippen LogP contribution in [0.2, 0.25) is 0 Å². The van der Waals surface area contributed by atoms with E-state index in [4.69, 9.17) is 30.6 Å². The van der Waals surface area contributed by atoms with Crippen LogP contribution in [0, 0.1) is 0 Å². The average molecular weight is 342 g/mol. The lowest BCUT2D eigenvalue weighted by Crippen LogP contribution is -2.49. The highest BCUT2D eigenvalue weighted by atomic mass is 27.3. The third-order valence-electron chi connectivity index (χ3n) is 1.77. The van der Waals surface area contributed by atoms with Gasteiger partial charge in [0.1, 0.15) is 0 Å². The van der Waals surface area contributed by atoms with Crippen LogP contribution in [0.1, 0.15) is 20.8 Å². The highest BCUT2D eigenvalue weighted by Crippen LogP contribution is 2.10. The lowest BCUT2D eigenvalue weighted by molar-refractivity contribution is -0.209. The molecule has 0 saturated carbocycles. The van der Waals surface area contributed by atoms with Gasteiger partial charge in [0.15, 0.2) is 0 Å². The Morgan fingerprint density at radius 1 is 0.636 bits per heavy atom. The van der Waals surface area contributed by atoms with Gasteiger partial charge in [0.25, 0.3) is 17.4 Å². The highest BCUT2D eigenvalue weighted by Gasteiger charge is 2.55. The summed E-state index contributed by atoms with van der Waals surface area (Å²) in [7, 11) is 0. The molecule has 0 aliphatic carbocycles. The number of carbonyl (C=O) groups is 3. The standard InChI is InChI=1S/3C3H6O4.Al/c3*1-3(6,7)2(4)5;/h3*6-7H,1H3,(H,4,5);/q;;;+3/p-3. The predicted molar refractivity (Wildman–Crippen MR) is 62.6 cm³/mol. The molecule has 0 radical (unpaired) electrons. The molecule has 6 N–H and O–H groups in total. The van der Waals surface area contributed by atoms with Crippen LogP contribution in [-0.4, -0.2) is 81.1 Å². The first-order valence-electron chi connectivity index (χ1n) is 5.52. The molecule has 0 bridgehead atoms.